The highest BCUT2D eigenvalue weighted by atomic mass is 19.1. The SMILES string of the molecule is O=C(NC1CCCCC1)N(CCN1CCOCC1)Cc1cccc(F)c1. The minimum Gasteiger partial charge on any atom is -0.379 e. The van der Waals surface area contributed by atoms with Crippen molar-refractivity contribution in [3.8, 4) is 0 Å². The number of amides is 2. The van der Waals surface area contributed by atoms with Crippen molar-refractivity contribution in [3.05, 3.63) is 35.6 Å². The van der Waals surface area contributed by atoms with E-state index in [1.807, 2.05) is 11.0 Å². The van der Waals surface area contributed by atoms with Gasteiger partial charge >= 0.3 is 6.03 Å². The number of carbonyl (C=O) groups excluding carboxylic acids is 1. The summed E-state index contributed by atoms with van der Waals surface area (Å²) in [5, 5.41) is 3.19. The number of carbonyl (C=O) groups is 1. The molecule has 0 atom stereocenters. The van der Waals surface area contributed by atoms with Crippen LogP contribution < -0.4 is 5.32 Å². The molecule has 1 aromatic rings. The predicted octanol–water partition coefficient (Wildman–Crippen LogP) is 3.00. The Morgan fingerprint density at radius 1 is 1.23 bits per heavy atom. The second-order valence-electron chi connectivity index (χ2n) is 7.29. The Kier molecular flexibility index (Phi) is 7.26. The largest absolute Gasteiger partial charge is 0.379 e. The molecule has 1 N–H and O–H groups in total. The molecule has 0 spiro atoms. The highest BCUT2D eigenvalue weighted by molar-refractivity contribution is 5.74. The van der Waals surface area contributed by atoms with Crippen LogP contribution in [-0.2, 0) is 11.3 Å². The Balaban J connectivity index is 1.60. The van der Waals surface area contributed by atoms with Gasteiger partial charge in [-0.05, 0) is 30.5 Å². The molecular weight excluding hydrogens is 333 g/mol. The Labute approximate surface area is 155 Å². The lowest BCUT2D eigenvalue weighted by atomic mass is 9.96. The normalized spacial score (nSPS) is 19.3. The van der Waals surface area contributed by atoms with Gasteiger partial charge in [0.25, 0.3) is 0 Å². The number of nitrogens with zero attached hydrogens (tertiary/aromatic N) is 2. The monoisotopic (exact) mass is 363 g/mol. The Morgan fingerprint density at radius 2 is 2.00 bits per heavy atom. The van der Waals surface area contributed by atoms with Gasteiger partial charge in [-0.15, -0.1) is 0 Å². The quantitative estimate of drug-likeness (QED) is 0.845. The van der Waals surface area contributed by atoms with Crippen LogP contribution in [0.15, 0.2) is 24.3 Å². The summed E-state index contributed by atoms with van der Waals surface area (Å²) < 4.78 is 18.9. The molecule has 5 nitrogen and oxygen atoms in total. The average Bonchev–Trinajstić information content (AvgIpc) is 2.67. The molecule has 1 saturated carbocycles. The Bertz CT molecular complexity index is 572. The lowest BCUT2D eigenvalue weighted by Gasteiger charge is -2.32. The fraction of sp³-hybridized carbons (Fsp3) is 0.650. The fourth-order valence-electron chi connectivity index (χ4n) is 3.71. The van der Waals surface area contributed by atoms with E-state index < -0.39 is 0 Å². The second-order valence-corrected chi connectivity index (χ2v) is 7.29. The van der Waals surface area contributed by atoms with Crippen molar-refractivity contribution in [2.45, 2.75) is 44.7 Å². The summed E-state index contributed by atoms with van der Waals surface area (Å²) >= 11 is 0. The predicted molar refractivity (Wildman–Crippen MR) is 99.5 cm³/mol. The third kappa shape index (κ3) is 5.95. The van der Waals surface area contributed by atoms with Gasteiger partial charge in [0.05, 0.1) is 13.2 Å². The van der Waals surface area contributed by atoms with Gasteiger partial charge in [0, 0.05) is 38.8 Å². The molecule has 1 aromatic carbocycles. The Hall–Kier alpha value is -1.66. The van der Waals surface area contributed by atoms with E-state index in [0.29, 0.717) is 13.1 Å². The van der Waals surface area contributed by atoms with E-state index in [9.17, 15) is 9.18 Å². The van der Waals surface area contributed by atoms with Gasteiger partial charge in [-0.1, -0.05) is 31.4 Å². The van der Waals surface area contributed by atoms with Gasteiger partial charge in [0.1, 0.15) is 5.82 Å². The summed E-state index contributed by atoms with van der Waals surface area (Å²) in [6, 6.07) is 6.76. The molecule has 1 aliphatic heterocycles. The van der Waals surface area contributed by atoms with Crippen LogP contribution in [0.5, 0.6) is 0 Å². The lowest BCUT2D eigenvalue weighted by Crippen LogP contribution is -2.48. The molecule has 2 fully saturated rings. The van der Waals surface area contributed by atoms with Crippen molar-refractivity contribution in [3.63, 3.8) is 0 Å². The smallest absolute Gasteiger partial charge is 0.317 e. The molecule has 6 heteroatoms. The summed E-state index contributed by atoms with van der Waals surface area (Å²) in [7, 11) is 0. The first-order valence-electron chi connectivity index (χ1n) is 9.81. The summed E-state index contributed by atoms with van der Waals surface area (Å²) in [5.74, 6) is -0.261. The van der Waals surface area contributed by atoms with Crippen LogP contribution in [0.4, 0.5) is 9.18 Å². The average molecular weight is 363 g/mol. The first-order valence-corrected chi connectivity index (χ1v) is 9.81. The van der Waals surface area contributed by atoms with E-state index in [0.717, 1.165) is 51.3 Å². The summed E-state index contributed by atoms with van der Waals surface area (Å²) in [4.78, 5) is 17.0. The van der Waals surface area contributed by atoms with Crippen LogP contribution in [0.25, 0.3) is 0 Å². The van der Waals surface area contributed by atoms with E-state index in [2.05, 4.69) is 10.2 Å². The van der Waals surface area contributed by atoms with Crippen LogP contribution >= 0.6 is 0 Å². The Morgan fingerprint density at radius 3 is 2.73 bits per heavy atom. The van der Waals surface area contributed by atoms with Crippen molar-refractivity contribution >= 4 is 6.03 Å². The molecule has 0 unspecified atom stereocenters. The highest BCUT2D eigenvalue weighted by Crippen LogP contribution is 2.18. The van der Waals surface area contributed by atoms with E-state index in [-0.39, 0.29) is 17.9 Å². The number of hydrogen-bond donors (Lipinski definition) is 1. The number of ether oxygens (including phenoxy) is 1. The topological polar surface area (TPSA) is 44.8 Å². The van der Waals surface area contributed by atoms with Crippen molar-refractivity contribution in [1.82, 2.24) is 15.1 Å². The second kappa shape index (κ2) is 9.88. The van der Waals surface area contributed by atoms with Crippen molar-refractivity contribution in [2.24, 2.45) is 0 Å². The molecule has 144 valence electrons. The fourth-order valence-corrected chi connectivity index (χ4v) is 3.71. The maximum Gasteiger partial charge on any atom is 0.317 e. The van der Waals surface area contributed by atoms with Gasteiger partial charge in [-0.2, -0.15) is 0 Å². The summed E-state index contributed by atoms with van der Waals surface area (Å²) in [6.07, 6.45) is 5.74. The van der Waals surface area contributed by atoms with Gasteiger partial charge in [-0.3, -0.25) is 4.90 Å². The molecule has 3 rings (SSSR count). The molecule has 1 aliphatic carbocycles. The van der Waals surface area contributed by atoms with Crippen LogP contribution in [0, 0.1) is 5.82 Å². The van der Waals surface area contributed by atoms with Gasteiger partial charge in [0.15, 0.2) is 0 Å². The van der Waals surface area contributed by atoms with Crippen molar-refractivity contribution in [1.29, 1.82) is 0 Å². The first-order chi connectivity index (χ1) is 12.7. The summed E-state index contributed by atoms with van der Waals surface area (Å²) in [5.41, 5.74) is 0.825. The highest BCUT2D eigenvalue weighted by Gasteiger charge is 2.21. The van der Waals surface area contributed by atoms with Gasteiger partial charge in [-0.25, -0.2) is 9.18 Å². The van der Waals surface area contributed by atoms with Crippen LogP contribution in [0.2, 0.25) is 0 Å². The molecule has 0 bridgehead atoms. The molecule has 2 aliphatic rings. The third-order valence-electron chi connectivity index (χ3n) is 5.27. The molecular formula is C20H30FN3O2. The zero-order valence-corrected chi connectivity index (χ0v) is 15.5. The maximum absolute atomic E-state index is 13.5. The molecule has 0 radical (unpaired) electrons. The number of hydrogen-bond acceptors (Lipinski definition) is 3. The lowest BCUT2D eigenvalue weighted by molar-refractivity contribution is 0.0345. The van der Waals surface area contributed by atoms with E-state index in [4.69, 9.17) is 4.74 Å². The number of benzene rings is 1. The van der Waals surface area contributed by atoms with Crippen molar-refractivity contribution in [2.75, 3.05) is 39.4 Å². The molecule has 26 heavy (non-hydrogen) atoms. The van der Waals surface area contributed by atoms with E-state index in [1.165, 1.54) is 31.4 Å². The first kappa shape index (κ1) is 19.1. The van der Waals surface area contributed by atoms with E-state index in [1.54, 1.807) is 6.07 Å². The minimum absolute atomic E-state index is 0.0329. The van der Waals surface area contributed by atoms with E-state index >= 15 is 0 Å². The standard InChI is InChI=1S/C20H30FN3O2/c21-18-6-4-5-17(15-18)16-24(10-9-23-11-13-26-14-12-23)20(25)22-19-7-2-1-3-8-19/h4-6,15,19H,1-3,7-14,16H2,(H,22,25). The zero-order chi connectivity index (χ0) is 18.2. The zero-order valence-electron chi connectivity index (χ0n) is 15.5. The van der Waals surface area contributed by atoms with Crippen molar-refractivity contribution < 1.29 is 13.9 Å². The minimum atomic E-state index is -0.261. The molecule has 0 aromatic heterocycles. The number of rotatable bonds is 6. The molecule has 1 saturated heterocycles. The van der Waals surface area contributed by atoms with Crippen LogP contribution in [0.1, 0.15) is 37.7 Å². The van der Waals surface area contributed by atoms with Crippen LogP contribution in [0.3, 0.4) is 0 Å². The number of halogens is 1. The third-order valence-corrected chi connectivity index (χ3v) is 5.27. The van der Waals surface area contributed by atoms with Crippen LogP contribution in [-0.4, -0.2) is 61.3 Å². The van der Waals surface area contributed by atoms with Gasteiger partial charge < -0.3 is 15.0 Å². The maximum atomic E-state index is 13.5. The number of morpholine rings is 1. The molecule has 1 heterocycles. The summed E-state index contributed by atoms with van der Waals surface area (Å²) in [6.45, 7) is 5.18. The molecule has 2 amide bonds. The van der Waals surface area contributed by atoms with Gasteiger partial charge in [0.2, 0.25) is 0 Å². The number of urea groups is 1. The number of nitrogens with one attached hydrogen (secondary N) is 1.